The Hall–Kier alpha value is -1.00. The summed E-state index contributed by atoms with van der Waals surface area (Å²) in [4.78, 5) is 2.40. The van der Waals surface area contributed by atoms with Crippen LogP contribution in [0, 0.1) is 11.3 Å². The van der Waals surface area contributed by atoms with Crippen LogP contribution in [0.15, 0.2) is 24.3 Å². The lowest BCUT2D eigenvalue weighted by molar-refractivity contribution is 0.151. The van der Waals surface area contributed by atoms with Gasteiger partial charge in [-0.2, -0.15) is 0 Å². The summed E-state index contributed by atoms with van der Waals surface area (Å²) in [6.45, 7) is 9.40. The highest BCUT2D eigenvalue weighted by Gasteiger charge is 2.34. The van der Waals surface area contributed by atoms with Crippen LogP contribution in [-0.2, 0) is 0 Å². The third-order valence-corrected chi connectivity index (χ3v) is 4.68. The van der Waals surface area contributed by atoms with Gasteiger partial charge in [0, 0.05) is 24.7 Å². The first-order chi connectivity index (χ1) is 9.82. The largest absolute Gasteiger partial charge is 0.329 e. The third-order valence-electron chi connectivity index (χ3n) is 4.68. The molecule has 1 saturated heterocycles. The topological polar surface area (TPSA) is 29.3 Å². The zero-order valence-corrected chi connectivity index (χ0v) is 13.2. The van der Waals surface area contributed by atoms with Crippen LogP contribution in [0.3, 0.4) is 0 Å². The Labute approximate surface area is 126 Å². The summed E-state index contributed by atoms with van der Waals surface area (Å²) in [5.74, 6) is 0.659. The molecule has 0 amide bonds. The standard InChI is InChI=1S/C17H26F2N2/c1-17(2,3)14-8-9-21(11-14)15(10-20)12-4-6-13(7-5-12)16(18)19/h4-7,14-16H,8-11,20H2,1-3H3. The molecule has 1 aromatic carbocycles. The zero-order valence-electron chi connectivity index (χ0n) is 13.2. The fourth-order valence-corrected chi connectivity index (χ4v) is 3.14. The summed E-state index contributed by atoms with van der Waals surface area (Å²) in [6.07, 6.45) is -1.23. The summed E-state index contributed by atoms with van der Waals surface area (Å²) in [5, 5.41) is 0. The molecule has 0 bridgehead atoms. The first-order valence-corrected chi connectivity index (χ1v) is 7.65. The molecule has 0 saturated carbocycles. The van der Waals surface area contributed by atoms with Gasteiger partial charge in [0.2, 0.25) is 0 Å². The SMILES string of the molecule is CC(C)(C)C1CCN(C(CN)c2ccc(C(F)F)cc2)C1. The average Bonchev–Trinajstić information content (AvgIpc) is 2.90. The fourth-order valence-electron chi connectivity index (χ4n) is 3.14. The molecule has 0 aromatic heterocycles. The van der Waals surface area contributed by atoms with Crippen molar-refractivity contribution >= 4 is 0 Å². The van der Waals surface area contributed by atoms with Crippen LogP contribution >= 0.6 is 0 Å². The van der Waals surface area contributed by atoms with Crippen molar-refractivity contribution in [1.82, 2.24) is 4.90 Å². The minimum atomic E-state index is -2.41. The van der Waals surface area contributed by atoms with E-state index in [1.807, 2.05) is 0 Å². The maximum Gasteiger partial charge on any atom is 0.263 e. The molecule has 4 heteroatoms. The van der Waals surface area contributed by atoms with Crippen molar-refractivity contribution in [2.45, 2.75) is 39.7 Å². The van der Waals surface area contributed by atoms with Crippen LogP contribution < -0.4 is 5.73 Å². The molecule has 21 heavy (non-hydrogen) atoms. The summed E-state index contributed by atoms with van der Waals surface area (Å²) in [7, 11) is 0. The van der Waals surface area contributed by atoms with Gasteiger partial charge in [-0.3, -0.25) is 4.90 Å². The highest BCUT2D eigenvalue weighted by Crippen LogP contribution is 2.37. The lowest BCUT2D eigenvalue weighted by Crippen LogP contribution is -2.33. The molecule has 2 N–H and O–H groups in total. The van der Waals surface area contributed by atoms with Crippen molar-refractivity contribution in [3.05, 3.63) is 35.4 Å². The van der Waals surface area contributed by atoms with E-state index in [-0.39, 0.29) is 11.6 Å². The van der Waals surface area contributed by atoms with Gasteiger partial charge in [-0.05, 0) is 29.9 Å². The van der Waals surface area contributed by atoms with Crippen molar-refractivity contribution < 1.29 is 8.78 Å². The number of halogens is 2. The summed E-state index contributed by atoms with van der Waals surface area (Å²) in [5.41, 5.74) is 7.36. The van der Waals surface area contributed by atoms with E-state index in [1.54, 1.807) is 12.1 Å². The van der Waals surface area contributed by atoms with Crippen molar-refractivity contribution in [2.75, 3.05) is 19.6 Å². The lowest BCUT2D eigenvalue weighted by atomic mass is 9.80. The molecule has 2 rings (SSSR count). The number of rotatable bonds is 4. The number of alkyl halides is 2. The fraction of sp³-hybridized carbons (Fsp3) is 0.647. The maximum atomic E-state index is 12.6. The molecule has 1 heterocycles. The van der Waals surface area contributed by atoms with E-state index < -0.39 is 6.43 Å². The van der Waals surface area contributed by atoms with Gasteiger partial charge in [0.1, 0.15) is 0 Å². The number of hydrogen-bond donors (Lipinski definition) is 1. The lowest BCUT2D eigenvalue weighted by Gasteiger charge is -2.30. The second-order valence-corrected chi connectivity index (χ2v) is 7.07. The number of benzene rings is 1. The first-order valence-electron chi connectivity index (χ1n) is 7.65. The zero-order chi connectivity index (χ0) is 15.6. The Bertz CT molecular complexity index is 451. The Morgan fingerprint density at radius 3 is 2.19 bits per heavy atom. The van der Waals surface area contributed by atoms with Gasteiger partial charge in [-0.25, -0.2) is 8.78 Å². The van der Waals surface area contributed by atoms with Crippen molar-refractivity contribution in [1.29, 1.82) is 0 Å². The number of likely N-dealkylation sites (tertiary alicyclic amines) is 1. The molecule has 118 valence electrons. The van der Waals surface area contributed by atoms with Crippen LogP contribution in [-0.4, -0.2) is 24.5 Å². The van der Waals surface area contributed by atoms with Gasteiger partial charge < -0.3 is 5.73 Å². The second kappa shape index (κ2) is 6.41. The summed E-state index contributed by atoms with van der Waals surface area (Å²) < 4.78 is 25.3. The smallest absolute Gasteiger partial charge is 0.263 e. The molecule has 1 aromatic rings. The van der Waals surface area contributed by atoms with Gasteiger partial charge >= 0.3 is 0 Å². The predicted molar refractivity (Wildman–Crippen MR) is 82.3 cm³/mol. The van der Waals surface area contributed by atoms with Crippen LogP contribution in [0.1, 0.15) is 50.8 Å². The number of nitrogens with two attached hydrogens (primary N) is 1. The van der Waals surface area contributed by atoms with Crippen LogP contribution in [0.5, 0.6) is 0 Å². The molecule has 2 nitrogen and oxygen atoms in total. The molecular formula is C17H26F2N2. The molecule has 1 aliphatic heterocycles. The molecule has 1 aliphatic rings. The molecule has 0 spiro atoms. The van der Waals surface area contributed by atoms with E-state index in [1.165, 1.54) is 18.6 Å². The number of hydrogen-bond acceptors (Lipinski definition) is 2. The highest BCUT2D eigenvalue weighted by atomic mass is 19.3. The van der Waals surface area contributed by atoms with Gasteiger partial charge in [0.15, 0.2) is 0 Å². The van der Waals surface area contributed by atoms with E-state index in [4.69, 9.17) is 5.73 Å². The van der Waals surface area contributed by atoms with Crippen LogP contribution in [0.25, 0.3) is 0 Å². The van der Waals surface area contributed by atoms with E-state index in [0.29, 0.717) is 17.9 Å². The average molecular weight is 296 g/mol. The van der Waals surface area contributed by atoms with Crippen LogP contribution in [0.4, 0.5) is 8.78 Å². The van der Waals surface area contributed by atoms with Crippen LogP contribution in [0.2, 0.25) is 0 Å². The third kappa shape index (κ3) is 3.80. The molecule has 0 aliphatic carbocycles. The highest BCUT2D eigenvalue weighted by molar-refractivity contribution is 5.26. The number of nitrogens with zero attached hydrogens (tertiary/aromatic N) is 1. The van der Waals surface area contributed by atoms with Crippen molar-refractivity contribution in [3.63, 3.8) is 0 Å². The van der Waals surface area contributed by atoms with E-state index in [9.17, 15) is 8.78 Å². The molecule has 2 unspecified atom stereocenters. The summed E-state index contributed by atoms with van der Waals surface area (Å²) >= 11 is 0. The normalized spacial score (nSPS) is 22.0. The van der Waals surface area contributed by atoms with E-state index in [0.717, 1.165) is 18.7 Å². The second-order valence-electron chi connectivity index (χ2n) is 7.07. The minimum Gasteiger partial charge on any atom is -0.329 e. The van der Waals surface area contributed by atoms with Gasteiger partial charge in [0.25, 0.3) is 6.43 Å². The Morgan fingerprint density at radius 1 is 1.19 bits per heavy atom. The Balaban J connectivity index is 2.10. The van der Waals surface area contributed by atoms with Crippen molar-refractivity contribution in [3.8, 4) is 0 Å². The molecule has 0 radical (unpaired) electrons. The maximum absolute atomic E-state index is 12.6. The van der Waals surface area contributed by atoms with E-state index >= 15 is 0 Å². The van der Waals surface area contributed by atoms with Gasteiger partial charge in [0.05, 0.1) is 0 Å². The first kappa shape index (κ1) is 16.4. The van der Waals surface area contributed by atoms with E-state index in [2.05, 4.69) is 25.7 Å². The van der Waals surface area contributed by atoms with Gasteiger partial charge in [-0.15, -0.1) is 0 Å². The molecule has 1 fully saturated rings. The monoisotopic (exact) mass is 296 g/mol. The molecule has 2 atom stereocenters. The summed E-state index contributed by atoms with van der Waals surface area (Å²) in [6, 6.07) is 6.75. The Kier molecular flexibility index (Phi) is 4.99. The van der Waals surface area contributed by atoms with Gasteiger partial charge in [-0.1, -0.05) is 45.0 Å². The van der Waals surface area contributed by atoms with Crippen molar-refractivity contribution in [2.24, 2.45) is 17.1 Å². The predicted octanol–water partition coefficient (Wildman–Crippen LogP) is 3.99. The minimum absolute atomic E-state index is 0.0727. The quantitative estimate of drug-likeness (QED) is 0.910. The Morgan fingerprint density at radius 2 is 1.76 bits per heavy atom. The molecular weight excluding hydrogens is 270 g/mol.